The third kappa shape index (κ3) is 5.46. The number of sulfonamides is 1. The standard InChI is InChI=1S/C24H26N2O5S/c1-15-11-16(2)17(3)23(12-15)31-14-19-13-18(5-10-22(19)30-4)24(27)26-20-6-8-21(9-7-20)32(25,28)29/h5-13H,14H2,1-4H3,(H,26,27)(H2,25,28,29). The number of aryl methyl sites for hydroxylation is 2. The van der Waals surface area contributed by atoms with E-state index < -0.39 is 10.0 Å². The first kappa shape index (κ1) is 23.3. The molecule has 168 valence electrons. The van der Waals surface area contributed by atoms with E-state index in [-0.39, 0.29) is 17.4 Å². The highest BCUT2D eigenvalue weighted by atomic mass is 32.2. The van der Waals surface area contributed by atoms with Crippen molar-refractivity contribution in [3.63, 3.8) is 0 Å². The fourth-order valence-electron chi connectivity index (χ4n) is 3.27. The Bertz CT molecular complexity index is 1250. The Kier molecular flexibility index (Phi) is 6.86. The lowest BCUT2D eigenvalue weighted by Crippen LogP contribution is -2.14. The number of hydrogen-bond donors (Lipinski definition) is 2. The minimum absolute atomic E-state index is 0.0268. The van der Waals surface area contributed by atoms with Crippen LogP contribution in [-0.4, -0.2) is 21.4 Å². The first-order valence-electron chi connectivity index (χ1n) is 9.90. The van der Waals surface area contributed by atoms with Crippen molar-refractivity contribution in [3.8, 4) is 11.5 Å². The van der Waals surface area contributed by atoms with Crippen LogP contribution in [0.15, 0.2) is 59.5 Å². The molecule has 0 unspecified atom stereocenters. The molecule has 0 radical (unpaired) electrons. The predicted molar refractivity (Wildman–Crippen MR) is 124 cm³/mol. The number of hydrogen-bond acceptors (Lipinski definition) is 5. The summed E-state index contributed by atoms with van der Waals surface area (Å²) < 4.78 is 34.2. The average Bonchev–Trinajstić information content (AvgIpc) is 2.74. The number of carbonyl (C=O) groups excluding carboxylic acids is 1. The Balaban J connectivity index is 1.79. The fraction of sp³-hybridized carbons (Fsp3) is 0.208. The van der Waals surface area contributed by atoms with E-state index >= 15 is 0 Å². The molecule has 1 amide bonds. The van der Waals surface area contributed by atoms with Crippen molar-refractivity contribution >= 4 is 21.6 Å². The normalized spacial score (nSPS) is 11.2. The van der Waals surface area contributed by atoms with Gasteiger partial charge < -0.3 is 14.8 Å². The maximum Gasteiger partial charge on any atom is 0.255 e. The lowest BCUT2D eigenvalue weighted by molar-refractivity contribution is 0.102. The number of anilines is 1. The number of methoxy groups -OCH3 is 1. The van der Waals surface area contributed by atoms with Gasteiger partial charge in [-0.25, -0.2) is 13.6 Å². The van der Waals surface area contributed by atoms with Gasteiger partial charge in [-0.3, -0.25) is 4.79 Å². The molecule has 0 spiro atoms. The molecule has 0 aromatic heterocycles. The summed E-state index contributed by atoms with van der Waals surface area (Å²) in [4.78, 5) is 12.7. The van der Waals surface area contributed by atoms with Crippen molar-refractivity contribution < 1.29 is 22.7 Å². The molecule has 0 fully saturated rings. The van der Waals surface area contributed by atoms with Gasteiger partial charge in [0.2, 0.25) is 10.0 Å². The van der Waals surface area contributed by atoms with Crippen LogP contribution in [0, 0.1) is 20.8 Å². The van der Waals surface area contributed by atoms with Gasteiger partial charge in [-0.15, -0.1) is 0 Å². The number of primary sulfonamides is 1. The minimum Gasteiger partial charge on any atom is -0.496 e. The molecule has 0 atom stereocenters. The highest BCUT2D eigenvalue weighted by Gasteiger charge is 2.13. The van der Waals surface area contributed by atoms with Gasteiger partial charge >= 0.3 is 0 Å². The van der Waals surface area contributed by atoms with Crippen molar-refractivity contribution in [2.45, 2.75) is 32.3 Å². The van der Waals surface area contributed by atoms with Crippen LogP contribution in [0.2, 0.25) is 0 Å². The maximum absolute atomic E-state index is 12.7. The Morgan fingerprint density at radius 2 is 1.66 bits per heavy atom. The smallest absolute Gasteiger partial charge is 0.255 e. The molecule has 3 aromatic rings. The molecule has 0 heterocycles. The Morgan fingerprint density at radius 1 is 0.969 bits per heavy atom. The zero-order valence-corrected chi connectivity index (χ0v) is 19.2. The van der Waals surface area contributed by atoms with Crippen molar-refractivity contribution in [2.75, 3.05) is 12.4 Å². The van der Waals surface area contributed by atoms with Crippen LogP contribution in [0.25, 0.3) is 0 Å². The molecule has 0 saturated carbocycles. The van der Waals surface area contributed by atoms with E-state index in [0.717, 1.165) is 28.0 Å². The highest BCUT2D eigenvalue weighted by Crippen LogP contribution is 2.27. The predicted octanol–water partition coefficient (Wildman–Crippen LogP) is 4.10. The summed E-state index contributed by atoms with van der Waals surface area (Å²) in [5.41, 5.74) is 4.90. The Labute approximate surface area is 188 Å². The molecular formula is C24H26N2O5S. The SMILES string of the molecule is COc1ccc(C(=O)Nc2ccc(S(N)(=O)=O)cc2)cc1COc1cc(C)cc(C)c1C. The maximum atomic E-state index is 12.7. The number of nitrogens with one attached hydrogen (secondary N) is 1. The number of carbonyl (C=O) groups is 1. The van der Waals surface area contributed by atoms with E-state index in [1.54, 1.807) is 25.3 Å². The lowest BCUT2D eigenvalue weighted by Gasteiger charge is -2.15. The fourth-order valence-corrected chi connectivity index (χ4v) is 3.79. The number of amides is 1. The molecule has 3 aromatic carbocycles. The summed E-state index contributed by atoms with van der Waals surface area (Å²) in [6.45, 7) is 6.29. The van der Waals surface area contributed by atoms with Gasteiger partial charge in [-0.1, -0.05) is 6.07 Å². The second kappa shape index (κ2) is 9.42. The van der Waals surface area contributed by atoms with E-state index in [9.17, 15) is 13.2 Å². The van der Waals surface area contributed by atoms with E-state index in [0.29, 0.717) is 17.0 Å². The number of rotatable bonds is 7. The van der Waals surface area contributed by atoms with Gasteiger partial charge in [0.1, 0.15) is 18.1 Å². The summed E-state index contributed by atoms with van der Waals surface area (Å²) in [6, 6.07) is 14.8. The minimum atomic E-state index is -3.79. The van der Waals surface area contributed by atoms with Crippen LogP contribution in [0.4, 0.5) is 5.69 Å². The summed E-state index contributed by atoms with van der Waals surface area (Å²) >= 11 is 0. The van der Waals surface area contributed by atoms with Crippen LogP contribution >= 0.6 is 0 Å². The van der Waals surface area contributed by atoms with E-state index in [1.165, 1.54) is 24.3 Å². The number of ether oxygens (including phenoxy) is 2. The second-order valence-electron chi connectivity index (χ2n) is 7.54. The third-order valence-corrected chi connectivity index (χ3v) is 6.06. The Morgan fingerprint density at radius 3 is 2.28 bits per heavy atom. The number of benzene rings is 3. The molecule has 7 nitrogen and oxygen atoms in total. The molecule has 0 aliphatic rings. The van der Waals surface area contributed by atoms with Crippen LogP contribution in [0.5, 0.6) is 11.5 Å². The molecule has 32 heavy (non-hydrogen) atoms. The molecule has 3 N–H and O–H groups in total. The summed E-state index contributed by atoms with van der Waals surface area (Å²) in [7, 11) is -2.23. The van der Waals surface area contributed by atoms with Gasteiger partial charge in [0, 0.05) is 16.8 Å². The van der Waals surface area contributed by atoms with Crippen LogP contribution < -0.4 is 19.9 Å². The monoisotopic (exact) mass is 454 g/mol. The largest absolute Gasteiger partial charge is 0.496 e. The molecule has 0 saturated heterocycles. The third-order valence-electron chi connectivity index (χ3n) is 5.13. The average molecular weight is 455 g/mol. The molecule has 8 heteroatoms. The molecule has 0 aliphatic heterocycles. The lowest BCUT2D eigenvalue weighted by atomic mass is 10.1. The summed E-state index contributed by atoms with van der Waals surface area (Å²) in [5.74, 6) is 1.05. The van der Waals surface area contributed by atoms with Crippen LogP contribution in [0.3, 0.4) is 0 Å². The first-order valence-corrected chi connectivity index (χ1v) is 11.4. The van der Waals surface area contributed by atoms with Gasteiger partial charge in [0.25, 0.3) is 5.91 Å². The van der Waals surface area contributed by atoms with Crippen LogP contribution in [0.1, 0.15) is 32.6 Å². The molecular weight excluding hydrogens is 428 g/mol. The second-order valence-corrected chi connectivity index (χ2v) is 9.11. The summed E-state index contributed by atoms with van der Waals surface area (Å²) in [6.07, 6.45) is 0. The highest BCUT2D eigenvalue weighted by molar-refractivity contribution is 7.89. The summed E-state index contributed by atoms with van der Waals surface area (Å²) in [5, 5.41) is 7.84. The Hall–Kier alpha value is -3.36. The van der Waals surface area contributed by atoms with Gasteiger partial charge in [-0.2, -0.15) is 0 Å². The van der Waals surface area contributed by atoms with Gasteiger partial charge in [0.05, 0.1) is 12.0 Å². The van der Waals surface area contributed by atoms with E-state index in [1.807, 2.05) is 26.8 Å². The van der Waals surface area contributed by atoms with Crippen LogP contribution in [-0.2, 0) is 16.6 Å². The molecule has 0 bridgehead atoms. The van der Waals surface area contributed by atoms with Crippen molar-refractivity contribution in [3.05, 3.63) is 82.4 Å². The van der Waals surface area contributed by atoms with Gasteiger partial charge in [0.15, 0.2) is 0 Å². The zero-order chi connectivity index (χ0) is 23.5. The van der Waals surface area contributed by atoms with E-state index in [2.05, 4.69) is 11.4 Å². The first-order chi connectivity index (χ1) is 15.1. The number of nitrogens with two attached hydrogens (primary N) is 1. The quantitative estimate of drug-likeness (QED) is 0.559. The zero-order valence-electron chi connectivity index (χ0n) is 18.4. The molecule has 0 aliphatic carbocycles. The van der Waals surface area contributed by atoms with Gasteiger partial charge in [-0.05, 0) is 86.0 Å². The van der Waals surface area contributed by atoms with Crippen molar-refractivity contribution in [1.29, 1.82) is 0 Å². The van der Waals surface area contributed by atoms with Crippen molar-refractivity contribution in [2.24, 2.45) is 5.14 Å². The van der Waals surface area contributed by atoms with E-state index in [4.69, 9.17) is 14.6 Å². The topological polar surface area (TPSA) is 108 Å². The molecule has 3 rings (SSSR count). The van der Waals surface area contributed by atoms with Crippen molar-refractivity contribution in [1.82, 2.24) is 0 Å².